The number of benzene rings is 3. The van der Waals surface area contributed by atoms with Gasteiger partial charge in [0.05, 0.1) is 5.52 Å². The van der Waals surface area contributed by atoms with Gasteiger partial charge in [0.2, 0.25) is 0 Å². The number of carbonyl (C=O) groups excluding carboxylic acids is 1. The summed E-state index contributed by atoms with van der Waals surface area (Å²) in [6, 6.07) is 21.7. The summed E-state index contributed by atoms with van der Waals surface area (Å²) in [7, 11) is 0. The van der Waals surface area contributed by atoms with Crippen LogP contribution in [0.5, 0.6) is 0 Å². The van der Waals surface area contributed by atoms with Crippen LogP contribution < -0.4 is 0 Å². The molecule has 0 aliphatic carbocycles. The lowest BCUT2D eigenvalue weighted by Gasteiger charge is -2.03. The van der Waals surface area contributed by atoms with Crippen molar-refractivity contribution in [2.24, 2.45) is 0 Å². The zero-order valence-corrected chi connectivity index (χ0v) is 13.8. The van der Waals surface area contributed by atoms with Crippen molar-refractivity contribution in [2.45, 2.75) is 0 Å². The molecule has 106 valence electrons. The molecule has 0 saturated heterocycles. The topological polar surface area (TPSA) is 32.9 Å². The van der Waals surface area contributed by atoms with Gasteiger partial charge in [-0.05, 0) is 59.0 Å². The third-order valence-electron chi connectivity index (χ3n) is 3.89. The fraction of sp³-hybridized carbons (Fsp3) is 0. The molecule has 0 spiro atoms. The number of halogens is 1. The Morgan fingerprint density at radius 1 is 0.818 bits per heavy atom. The van der Waals surface area contributed by atoms with E-state index < -0.39 is 0 Å². The van der Waals surface area contributed by atoms with Crippen LogP contribution in [-0.2, 0) is 0 Å². The number of para-hydroxylation sites is 2. The predicted molar refractivity (Wildman–Crippen MR) is 98.4 cm³/mol. The largest absolute Gasteiger partial charge is 0.354 e. The first-order valence-corrected chi connectivity index (χ1v) is 8.11. The van der Waals surface area contributed by atoms with Crippen LogP contribution >= 0.6 is 22.6 Å². The van der Waals surface area contributed by atoms with Crippen LogP contribution in [0.15, 0.2) is 66.7 Å². The minimum Gasteiger partial charge on any atom is -0.354 e. The standard InChI is InChI=1S/C19H12INO/c20-13-10-8-12(9-11-13)19(22)16-6-3-5-15-14-4-1-2-7-17(14)21-18(15)16/h1-11,21H. The molecule has 0 atom stereocenters. The van der Waals surface area contributed by atoms with Crippen molar-refractivity contribution in [1.29, 1.82) is 0 Å². The molecule has 0 aliphatic rings. The normalized spacial score (nSPS) is 11.1. The van der Waals surface area contributed by atoms with E-state index in [1.165, 1.54) is 0 Å². The van der Waals surface area contributed by atoms with Gasteiger partial charge in [0, 0.05) is 31.0 Å². The Balaban J connectivity index is 1.95. The van der Waals surface area contributed by atoms with Crippen molar-refractivity contribution >= 4 is 50.2 Å². The summed E-state index contributed by atoms with van der Waals surface area (Å²) < 4.78 is 1.12. The smallest absolute Gasteiger partial charge is 0.195 e. The van der Waals surface area contributed by atoms with Gasteiger partial charge in [0.1, 0.15) is 0 Å². The van der Waals surface area contributed by atoms with Gasteiger partial charge in [-0.25, -0.2) is 0 Å². The van der Waals surface area contributed by atoms with E-state index in [0.717, 1.165) is 30.9 Å². The monoisotopic (exact) mass is 397 g/mol. The lowest BCUT2D eigenvalue weighted by molar-refractivity contribution is 0.104. The molecule has 22 heavy (non-hydrogen) atoms. The highest BCUT2D eigenvalue weighted by Crippen LogP contribution is 2.28. The fourth-order valence-corrected chi connectivity index (χ4v) is 3.18. The molecular formula is C19H12INO. The van der Waals surface area contributed by atoms with Crippen LogP contribution in [0, 0.1) is 3.57 Å². The van der Waals surface area contributed by atoms with Crippen LogP contribution in [0.1, 0.15) is 15.9 Å². The van der Waals surface area contributed by atoms with Crippen LogP contribution in [-0.4, -0.2) is 10.8 Å². The molecule has 1 N–H and O–H groups in total. The number of nitrogens with one attached hydrogen (secondary N) is 1. The second-order valence-electron chi connectivity index (χ2n) is 5.23. The second kappa shape index (κ2) is 5.25. The van der Waals surface area contributed by atoms with E-state index in [-0.39, 0.29) is 5.78 Å². The summed E-state index contributed by atoms with van der Waals surface area (Å²) >= 11 is 2.24. The molecule has 2 nitrogen and oxygen atoms in total. The zero-order chi connectivity index (χ0) is 15.1. The highest BCUT2D eigenvalue weighted by Gasteiger charge is 2.15. The SMILES string of the molecule is O=C(c1ccc(I)cc1)c1cccc2c1[nH]c1ccccc12. The van der Waals surface area contributed by atoms with Gasteiger partial charge >= 0.3 is 0 Å². The summed E-state index contributed by atoms with van der Waals surface area (Å²) in [5.41, 5.74) is 3.40. The van der Waals surface area contributed by atoms with Crippen molar-refractivity contribution in [1.82, 2.24) is 4.98 Å². The Morgan fingerprint density at radius 3 is 2.36 bits per heavy atom. The Morgan fingerprint density at radius 2 is 1.55 bits per heavy atom. The van der Waals surface area contributed by atoms with E-state index in [0.29, 0.717) is 5.56 Å². The number of H-pyrrole nitrogens is 1. The van der Waals surface area contributed by atoms with Gasteiger partial charge in [-0.15, -0.1) is 0 Å². The maximum atomic E-state index is 12.8. The molecule has 0 radical (unpaired) electrons. The van der Waals surface area contributed by atoms with E-state index in [1.807, 2.05) is 54.6 Å². The van der Waals surface area contributed by atoms with Crippen LogP contribution in [0.3, 0.4) is 0 Å². The molecule has 1 heterocycles. The minimum absolute atomic E-state index is 0.0496. The first-order chi connectivity index (χ1) is 10.7. The predicted octanol–water partition coefficient (Wildman–Crippen LogP) is 5.16. The Bertz CT molecular complexity index is 999. The van der Waals surface area contributed by atoms with Gasteiger partial charge in [0.15, 0.2) is 5.78 Å². The summed E-state index contributed by atoms with van der Waals surface area (Å²) in [4.78, 5) is 16.2. The quantitative estimate of drug-likeness (QED) is 0.368. The average molecular weight is 397 g/mol. The van der Waals surface area contributed by atoms with Gasteiger partial charge in [-0.1, -0.05) is 30.3 Å². The molecule has 0 aliphatic heterocycles. The van der Waals surface area contributed by atoms with E-state index in [4.69, 9.17) is 0 Å². The summed E-state index contributed by atoms with van der Waals surface area (Å²) in [5.74, 6) is 0.0496. The van der Waals surface area contributed by atoms with E-state index in [1.54, 1.807) is 0 Å². The molecule has 0 amide bonds. The molecule has 1 aromatic heterocycles. The first kappa shape index (κ1) is 13.5. The highest BCUT2D eigenvalue weighted by molar-refractivity contribution is 14.1. The first-order valence-electron chi connectivity index (χ1n) is 7.04. The molecule has 3 aromatic carbocycles. The Labute approximate surface area is 141 Å². The van der Waals surface area contributed by atoms with Crippen molar-refractivity contribution in [3.63, 3.8) is 0 Å². The third kappa shape index (κ3) is 2.13. The molecule has 0 bridgehead atoms. The molecule has 0 saturated carbocycles. The van der Waals surface area contributed by atoms with E-state index >= 15 is 0 Å². The lowest BCUT2D eigenvalue weighted by Crippen LogP contribution is -2.02. The van der Waals surface area contributed by atoms with Crippen LogP contribution in [0.2, 0.25) is 0 Å². The summed E-state index contributed by atoms with van der Waals surface area (Å²) in [6.45, 7) is 0. The van der Waals surface area contributed by atoms with E-state index in [9.17, 15) is 4.79 Å². The van der Waals surface area contributed by atoms with Crippen molar-refractivity contribution < 1.29 is 4.79 Å². The minimum atomic E-state index is 0.0496. The van der Waals surface area contributed by atoms with Crippen molar-refractivity contribution in [3.8, 4) is 0 Å². The number of carbonyl (C=O) groups is 1. The lowest BCUT2D eigenvalue weighted by atomic mass is 10.0. The number of fused-ring (bicyclic) bond motifs is 3. The second-order valence-corrected chi connectivity index (χ2v) is 6.48. The number of hydrogen-bond acceptors (Lipinski definition) is 1. The number of aromatic amines is 1. The molecule has 4 rings (SSSR count). The van der Waals surface area contributed by atoms with Gasteiger partial charge in [-0.2, -0.15) is 0 Å². The maximum absolute atomic E-state index is 12.8. The highest BCUT2D eigenvalue weighted by atomic mass is 127. The molecule has 4 aromatic rings. The molecule has 0 fully saturated rings. The van der Waals surface area contributed by atoms with Gasteiger partial charge in [-0.3, -0.25) is 4.79 Å². The fourth-order valence-electron chi connectivity index (χ4n) is 2.82. The zero-order valence-electron chi connectivity index (χ0n) is 11.6. The molecular weight excluding hydrogens is 385 g/mol. The number of rotatable bonds is 2. The van der Waals surface area contributed by atoms with Crippen LogP contribution in [0.25, 0.3) is 21.8 Å². The van der Waals surface area contributed by atoms with Crippen LogP contribution in [0.4, 0.5) is 0 Å². The third-order valence-corrected chi connectivity index (χ3v) is 4.61. The van der Waals surface area contributed by atoms with Gasteiger partial charge in [0.25, 0.3) is 0 Å². The summed E-state index contributed by atoms with van der Waals surface area (Å²) in [5, 5.41) is 2.24. The molecule has 0 unspecified atom stereocenters. The van der Waals surface area contributed by atoms with E-state index in [2.05, 4.69) is 39.7 Å². The number of aromatic nitrogens is 1. The number of ketones is 1. The Kier molecular flexibility index (Phi) is 3.22. The summed E-state index contributed by atoms with van der Waals surface area (Å²) in [6.07, 6.45) is 0. The average Bonchev–Trinajstić information content (AvgIpc) is 2.93. The number of hydrogen-bond donors (Lipinski definition) is 1. The van der Waals surface area contributed by atoms with Crippen molar-refractivity contribution in [2.75, 3.05) is 0 Å². The maximum Gasteiger partial charge on any atom is 0.195 e. The molecule has 3 heteroatoms. The van der Waals surface area contributed by atoms with Crippen molar-refractivity contribution in [3.05, 3.63) is 81.4 Å². The Hall–Kier alpha value is -2.14. The van der Waals surface area contributed by atoms with Gasteiger partial charge < -0.3 is 4.98 Å².